The molecule has 0 aliphatic heterocycles. The highest BCUT2D eigenvalue weighted by molar-refractivity contribution is 6.34. The van der Waals surface area contributed by atoms with Crippen LogP contribution in [0.4, 0.5) is 9.18 Å². The molecule has 7 heteroatoms. The van der Waals surface area contributed by atoms with Crippen LogP contribution in [0.2, 0.25) is 5.02 Å². The summed E-state index contributed by atoms with van der Waals surface area (Å²) in [6.45, 7) is 5.53. The molecule has 0 saturated carbocycles. The summed E-state index contributed by atoms with van der Waals surface area (Å²) in [5.74, 6) is -1.04. The molecule has 0 heterocycles. The lowest BCUT2D eigenvalue weighted by Gasteiger charge is -2.19. The highest BCUT2D eigenvalue weighted by Crippen LogP contribution is 2.31. The van der Waals surface area contributed by atoms with Crippen LogP contribution >= 0.6 is 11.6 Å². The van der Waals surface area contributed by atoms with E-state index in [-0.39, 0.29) is 17.1 Å². The average molecular weight is 408 g/mol. The Balaban J connectivity index is 2.14. The van der Waals surface area contributed by atoms with E-state index < -0.39 is 23.5 Å². The van der Waals surface area contributed by atoms with Gasteiger partial charge in [-0.3, -0.25) is 0 Å². The second-order valence-electron chi connectivity index (χ2n) is 7.14. The third-order valence-corrected chi connectivity index (χ3v) is 4.14. The number of ether oxygens (including phenoxy) is 2. The molecule has 150 valence electrons. The molecule has 0 atom stereocenters. The molecular weight excluding hydrogens is 385 g/mol. The number of methoxy groups -OCH3 is 1. The third kappa shape index (κ3) is 5.70. The molecule has 28 heavy (non-hydrogen) atoms. The van der Waals surface area contributed by atoms with E-state index in [0.717, 1.165) is 0 Å². The molecular formula is C21H23ClFNO4. The van der Waals surface area contributed by atoms with Crippen LogP contribution in [0.3, 0.4) is 0 Å². The van der Waals surface area contributed by atoms with Crippen LogP contribution in [0.15, 0.2) is 36.4 Å². The van der Waals surface area contributed by atoms with E-state index in [1.807, 2.05) is 0 Å². The standard InChI is InChI=1S/C21H23ClFNO4/c1-21(2,3)28-20(26)24-11-10-13-8-9-14(12-17(13)23)15-6-5-7-16(22)18(15)19(25)27-4/h5-9,12H,10-11H2,1-4H3,(H,24,26). The Hall–Kier alpha value is -2.60. The number of halogens is 2. The van der Waals surface area contributed by atoms with E-state index in [1.165, 1.54) is 13.2 Å². The minimum atomic E-state index is -0.592. The molecule has 0 aliphatic carbocycles. The Morgan fingerprint density at radius 1 is 1.18 bits per heavy atom. The maximum atomic E-state index is 14.6. The highest BCUT2D eigenvalue weighted by Gasteiger charge is 2.18. The first-order valence-corrected chi connectivity index (χ1v) is 9.12. The van der Waals surface area contributed by atoms with Crippen molar-refractivity contribution in [1.29, 1.82) is 0 Å². The molecule has 1 N–H and O–H groups in total. The summed E-state index contributed by atoms with van der Waals surface area (Å²) in [6, 6.07) is 9.58. The van der Waals surface area contributed by atoms with Crippen molar-refractivity contribution in [2.24, 2.45) is 0 Å². The number of hydrogen-bond donors (Lipinski definition) is 1. The number of alkyl carbamates (subject to hydrolysis) is 1. The van der Waals surface area contributed by atoms with Gasteiger partial charge in [0, 0.05) is 6.54 Å². The monoisotopic (exact) mass is 407 g/mol. The third-order valence-electron chi connectivity index (χ3n) is 3.83. The van der Waals surface area contributed by atoms with Gasteiger partial charge in [0.2, 0.25) is 0 Å². The zero-order valence-corrected chi connectivity index (χ0v) is 17.0. The molecule has 0 bridgehead atoms. The van der Waals surface area contributed by atoms with Crippen LogP contribution in [-0.4, -0.2) is 31.3 Å². The van der Waals surface area contributed by atoms with Crippen molar-refractivity contribution in [3.05, 3.63) is 58.4 Å². The molecule has 0 unspecified atom stereocenters. The van der Waals surface area contributed by atoms with Gasteiger partial charge in [-0.15, -0.1) is 0 Å². The molecule has 0 spiro atoms. The summed E-state index contributed by atoms with van der Waals surface area (Å²) in [4.78, 5) is 23.7. The maximum absolute atomic E-state index is 14.6. The Labute approximate surface area is 168 Å². The Morgan fingerprint density at radius 2 is 1.89 bits per heavy atom. The molecule has 2 aromatic carbocycles. The van der Waals surface area contributed by atoms with Crippen LogP contribution in [0.1, 0.15) is 36.7 Å². The van der Waals surface area contributed by atoms with Gasteiger partial charge in [-0.1, -0.05) is 35.9 Å². The Morgan fingerprint density at radius 3 is 2.50 bits per heavy atom. The van der Waals surface area contributed by atoms with Gasteiger partial charge < -0.3 is 14.8 Å². The van der Waals surface area contributed by atoms with Crippen molar-refractivity contribution in [3.8, 4) is 11.1 Å². The largest absolute Gasteiger partial charge is 0.465 e. The highest BCUT2D eigenvalue weighted by atomic mass is 35.5. The minimum absolute atomic E-state index is 0.186. The predicted molar refractivity (Wildman–Crippen MR) is 106 cm³/mol. The van der Waals surface area contributed by atoms with Crippen molar-refractivity contribution < 1.29 is 23.5 Å². The van der Waals surface area contributed by atoms with Crippen LogP contribution in [0.25, 0.3) is 11.1 Å². The summed E-state index contributed by atoms with van der Waals surface area (Å²) < 4.78 is 24.5. The van der Waals surface area contributed by atoms with Crippen LogP contribution < -0.4 is 5.32 Å². The molecule has 0 aliphatic rings. The smallest absolute Gasteiger partial charge is 0.407 e. The predicted octanol–water partition coefficient (Wildman–Crippen LogP) is 5.00. The van der Waals surface area contributed by atoms with Gasteiger partial charge in [-0.2, -0.15) is 0 Å². The maximum Gasteiger partial charge on any atom is 0.407 e. The first-order valence-electron chi connectivity index (χ1n) is 8.75. The van der Waals surface area contributed by atoms with Crippen molar-refractivity contribution >= 4 is 23.7 Å². The molecule has 5 nitrogen and oxygen atoms in total. The summed E-state index contributed by atoms with van der Waals surface area (Å²) in [5.41, 5.74) is 1.01. The van der Waals surface area contributed by atoms with Gasteiger partial charge in [0.25, 0.3) is 0 Å². The number of benzene rings is 2. The molecule has 2 aromatic rings. The minimum Gasteiger partial charge on any atom is -0.465 e. The van der Waals surface area contributed by atoms with Crippen molar-refractivity contribution in [1.82, 2.24) is 5.32 Å². The zero-order chi connectivity index (χ0) is 20.9. The van der Waals surface area contributed by atoms with E-state index in [2.05, 4.69) is 5.32 Å². The van der Waals surface area contributed by atoms with Crippen LogP contribution in [0.5, 0.6) is 0 Å². The lowest BCUT2D eigenvalue weighted by atomic mass is 9.97. The van der Waals surface area contributed by atoms with Crippen LogP contribution in [0, 0.1) is 5.82 Å². The lowest BCUT2D eigenvalue weighted by molar-refractivity contribution is 0.0527. The summed E-state index contributed by atoms with van der Waals surface area (Å²) in [7, 11) is 1.26. The molecule has 0 fully saturated rings. The van der Waals surface area contributed by atoms with Gasteiger partial charge in [0.1, 0.15) is 11.4 Å². The first kappa shape index (κ1) is 21.7. The van der Waals surface area contributed by atoms with E-state index in [4.69, 9.17) is 21.1 Å². The summed E-state index contributed by atoms with van der Waals surface area (Å²) >= 11 is 6.12. The Bertz CT molecular complexity index is 877. The molecule has 1 amide bonds. The summed E-state index contributed by atoms with van der Waals surface area (Å²) in [5, 5.41) is 2.83. The molecule has 2 rings (SSSR count). The van der Waals surface area contributed by atoms with Gasteiger partial charge in [0.15, 0.2) is 0 Å². The topological polar surface area (TPSA) is 64.6 Å². The molecule has 0 saturated heterocycles. The average Bonchev–Trinajstić information content (AvgIpc) is 2.60. The second kappa shape index (κ2) is 9.06. The van der Waals surface area contributed by atoms with E-state index in [1.54, 1.807) is 51.1 Å². The zero-order valence-electron chi connectivity index (χ0n) is 16.3. The fourth-order valence-electron chi connectivity index (χ4n) is 2.61. The van der Waals surface area contributed by atoms with E-state index in [0.29, 0.717) is 23.1 Å². The van der Waals surface area contributed by atoms with Gasteiger partial charge >= 0.3 is 12.1 Å². The number of carbonyl (C=O) groups is 2. The normalized spacial score (nSPS) is 11.1. The lowest BCUT2D eigenvalue weighted by Crippen LogP contribution is -2.33. The van der Waals surface area contributed by atoms with E-state index >= 15 is 0 Å². The van der Waals surface area contributed by atoms with Crippen molar-refractivity contribution in [2.75, 3.05) is 13.7 Å². The van der Waals surface area contributed by atoms with Gasteiger partial charge in [0.05, 0.1) is 17.7 Å². The van der Waals surface area contributed by atoms with Crippen LogP contribution in [-0.2, 0) is 15.9 Å². The number of amides is 1. The fraction of sp³-hybridized carbons (Fsp3) is 0.333. The fourth-order valence-corrected chi connectivity index (χ4v) is 2.86. The Kier molecular flexibility index (Phi) is 7.02. The van der Waals surface area contributed by atoms with E-state index in [9.17, 15) is 14.0 Å². The number of esters is 1. The first-order chi connectivity index (χ1) is 13.1. The number of carbonyl (C=O) groups excluding carboxylic acids is 2. The SMILES string of the molecule is COC(=O)c1c(Cl)cccc1-c1ccc(CCNC(=O)OC(C)(C)C)c(F)c1. The summed E-state index contributed by atoms with van der Waals surface area (Å²) in [6.07, 6.45) is -0.253. The quantitative estimate of drug-likeness (QED) is 0.708. The van der Waals surface area contributed by atoms with Crippen molar-refractivity contribution in [3.63, 3.8) is 0 Å². The van der Waals surface area contributed by atoms with Gasteiger partial charge in [-0.05, 0) is 56.0 Å². The molecule has 0 radical (unpaired) electrons. The molecule has 0 aromatic heterocycles. The van der Waals surface area contributed by atoms with Crippen molar-refractivity contribution in [2.45, 2.75) is 32.8 Å². The number of hydrogen-bond acceptors (Lipinski definition) is 4. The number of rotatable bonds is 5. The van der Waals surface area contributed by atoms with Gasteiger partial charge in [-0.25, -0.2) is 14.0 Å². The number of nitrogens with one attached hydrogen (secondary N) is 1. The second-order valence-corrected chi connectivity index (χ2v) is 7.55.